The predicted octanol–water partition coefficient (Wildman–Crippen LogP) is 3.40. The van der Waals surface area contributed by atoms with E-state index in [2.05, 4.69) is 0 Å². The minimum absolute atomic E-state index is 0.276. The molecule has 5 heteroatoms. The molecule has 4 nitrogen and oxygen atoms in total. The van der Waals surface area contributed by atoms with E-state index in [1.165, 1.54) is 16.2 Å². The lowest BCUT2D eigenvalue weighted by atomic mass is 10.2. The maximum atomic E-state index is 12.6. The van der Waals surface area contributed by atoms with Gasteiger partial charge in [0.25, 0.3) is 5.91 Å². The maximum Gasteiger partial charge on any atom is 0.323 e. The molecule has 110 valence electrons. The Kier molecular flexibility index (Phi) is 4.43. The topological polar surface area (TPSA) is 57.6 Å². The van der Waals surface area contributed by atoms with Gasteiger partial charge >= 0.3 is 5.97 Å². The molecule has 0 aliphatic heterocycles. The Hall–Kier alpha value is -2.14. The van der Waals surface area contributed by atoms with Gasteiger partial charge in [-0.25, -0.2) is 0 Å². The fourth-order valence-electron chi connectivity index (χ4n) is 1.95. The van der Waals surface area contributed by atoms with Crippen molar-refractivity contribution in [1.29, 1.82) is 0 Å². The largest absolute Gasteiger partial charge is 0.480 e. The van der Waals surface area contributed by atoms with E-state index in [0.717, 1.165) is 16.0 Å². The summed E-state index contributed by atoms with van der Waals surface area (Å²) in [6.45, 7) is 5.48. The Labute approximate surface area is 127 Å². The predicted molar refractivity (Wildman–Crippen MR) is 84.3 cm³/mol. The lowest BCUT2D eigenvalue weighted by Gasteiger charge is -2.20. The molecule has 2 rings (SSSR count). The Morgan fingerprint density at radius 1 is 1.14 bits per heavy atom. The molecule has 0 spiro atoms. The van der Waals surface area contributed by atoms with E-state index in [1.54, 1.807) is 12.1 Å². The van der Waals surface area contributed by atoms with Crippen LogP contribution >= 0.6 is 11.3 Å². The summed E-state index contributed by atoms with van der Waals surface area (Å²) in [5.41, 5.74) is 2.70. The van der Waals surface area contributed by atoms with Crippen LogP contribution in [0.5, 0.6) is 0 Å². The van der Waals surface area contributed by atoms with Gasteiger partial charge < -0.3 is 5.11 Å². The molecular weight excluding hydrogens is 286 g/mol. The molecule has 0 atom stereocenters. The van der Waals surface area contributed by atoms with Gasteiger partial charge in [0.1, 0.15) is 6.54 Å². The highest BCUT2D eigenvalue weighted by Crippen LogP contribution is 2.25. The van der Waals surface area contributed by atoms with Crippen LogP contribution in [0.4, 0.5) is 5.69 Å². The van der Waals surface area contributed by atoms with Gasteiger partial charge in [0.15, 0.2) is 0 Å². The van der Waals surface area contributed by atoms with Crippen LogP contribution in [0, 0.1) is 20.8 Å². The molecule has 0 aliphatic rings. The molecular formula is C16H17NO3S. The zero-order valence-electron chi connectivity index (χ0n) is 12.2. The number of benzene rings is 1. The second-order valence-corrected chi connectivity index (χ2v) is 6.23. The Bertz CT molecular complexity index is 654. The van der Waals surface area contributed by atoms with E-state index in [-0.39, 0.29) is 12.5 Å². The van der Waals surface area contributed by atoms with Gasteiger partial charge in [0.2, 0.25) is 0 Å². The summed E-state index contributed by atoms with van der Waals surface area (Å²) < 4.78 is 0. The number of amides is 1. The van der Waals surface area contributed by atoms with Gasteiger partial charge in [-0.15, -0.1) is 11.3 Å². The maximum absolute atomic E-state index is 12.6. The molecule has 21 heavy (non-hydrogen) atoms. The van der Waals surface area contributed by atoms with Gasteiger partial charge in [0, 0.05) is 10.6 Å². The van der Waals surface area contributed by atoms with Crippen LogP contribution in [0.25, 0.3) is 0 Å². The van der Waals surface area contributed by atoms with Crippen LogP contribution in [-0.2, 0) is 4.79 Å². The van der Waals surface area contributed by atoms with Crippen molar-refractivity contribution in [2.45, 2.75) is 20.8 Å². The molecule has 1 N–H and O–H groups in total. The van der Waals surface area contributed by atoms with Crippen LogP contribution in [-0.4, -0.2) is 23.5 Å². The summed E-state index contributed by atoms with van der Waals surface area (Å²) in [5.74, 6) is -1.31. The van der Waals surface area contributed by atoms with Crippen LogP contribution in [0.3, 0.4) is 0 Å². The third kappa shape index (κ3) is 3.49. The molecule has 1 aromatic heterocycles. The molecule has 1 heterocycles. The first-order chi connectivity index (χ1) is 9.88. The highest BCUT2D eigenvalue weighted by molar-refractivity contribution is 7.14. The van der Waals surface area contributed by atoms with Crippen molar-refractivity contribution in [2.75, 3.05) is 11.4 Å². The monoisotopic (exact) mass is 303 g/mol. The smallest absolute Gasteiger partial charge is 0.323 e. The van der Waals surface area contributed by atoms with Crippen molar-refractivity contribution >= 4 is 28.9 Å². The van der Waals surface area contributed by atoms with E-state index in [1.807, 2.05) is 39.0 Å². The van der Waals surface area contributed by atoms with E-state index in [0.29, 0.717) is 10.6 Å². The van der Waals surface area contributed by atoms with E-state index in [9.17, 15) is 9.59 Å². The summed E-state index contributed by atoms with van der Waals surface area (Å²) >= 11 is 1.39. The minimum atomic E-state index is -1.03. The van der Waals surface area contributed by atoms with E-state index in [4.69, 9.17) is 5.11 Å². The van der Waals surface area contributed by atoms with Crippen molar-refractivity contribution in [3.8, 4) is 0 Å². The third-order valence-electron chi connectivity index (χ3n) is 3.26. The lowest BCUT2D eigenvalue weighted by Crippen LogP contribution is -2.35. The highest BCUT2D eigenvalue weighted by atomic mass is 32.1. The Balaban J connectivity index is 2.37. The van der Waals surface area contributed by atoms with E-state index >= 15 is 0 Å². The summed E-state index contributed by atoms with van der Waals surface area (Å²) in [6.07, 6.45) is 0. The molecule has 0 aliphatic carbocycles. The fraction of sp³-hybridized carbons (Fsp3) is 0.250. The van der Waals surface area contributed by atoms with Crippen LogP contribution < -0.4 is 4.90 Å². The fourth-order valence-corrected chi connectivity index (χ4v) is 2.93. The number of hydrogen-bond donors (Lipinski definition) is 1. The molecule has 0 radical (unpaired) electrons. The summed E-state index contributed by atoms with van der Waals surface area (Å²) in [6, 6.07) is 9.07. The van der Waals surface area contributed by atoms with Gasteiger partial charge in [-0.2, -0.15) is 0 Å². The molecule has 0 saturated carbocycles. The van der Waals surface area contributed by atoms with Crippen molar-refractivity contribution < 1.29 is 14.7 Å². The molecule has 1 aromatic carbocycles. The third-order valence-corrected chi connectivity index (χ3v) is 4.40. The van der Waals surface area contributed by atoms with Gasteiger partial charge in [0.05, 0.1) is 4.88 Å². The number of aryl methyl sites for hydroxylation is 3. The zero-order valence-corrected chi connectivity index (χ0v) is 13.0. The van der Waals surface area contributed by atoms with Crippen molar-refractivity contribution in [3.05, 3.63) is 51.2 Å². The van der Waals surface area contributed by atoms with E-state index < -0.39 is 5.97 Å². The molecule has 0 fully saturated rings. The number of aliphatic carboxylic acids is 1. The number of carbonyl (C=O) groups is 2. The van der Waals surface area contributed by atoms with Crippen LogP contribution in [0.1, 0.15) is 25.7 Å². The quantitative estimate of drug-likeness (QED) is 0.941. The number of nitrogens with zero attached hydrogens (tertiary/aromatic N) is 1. The standard InChI is InChI=1S/C16H17NO3S/c1-10-4-6-13(7-5-10)17(9-15(18)19)16(20)14-8-11(2)12(3)21-14/h4-8H,9H2,1-3H3,(H,18,19). The van der Waals surface area contributed by atoms with Crippen LogP contribution in [0.15, 0.2) is 30.3 Å². The molecule has 0 saturated heterocycles. The number of carboxylic acid groups (broad SMARTS) is 1. The summed E-state index contributed by atoms with van der Waals surface area (Å²) in [7, 11) is 0. The molecule has 0 bridgehead atoms. The highest BCUT2D eigenvalue weighted by Gasteiger charge is 2.22. The molecule has 0 unspecified atom stereocenters. The molecule has 1 amide bonds. The number of carboxylic acids is 1. The van der Waals surface area contributed by atoms with Gasteiger partial charge in [-0.05, 0) is 44.5 Å². The average molecular weight is 303 g/mol. The van der Waals surface area contributed by atoms with Crippen molar-refractivity contribution in [3.63, 3.8) is 0 Å². The van der Waals surface area contributed by atoms with Gasteiger partial charge in [-0.3, -0.25) is 14.5 Å². The van der Waals surface area contributed by atoms with Crippen molar-refractivity contribution in [1.82, 2.24) is 0 Å². The minimum Gasteiger partial charge on any atom is -0.480 e. The first-order valence-corrected chi connectivity index (χ1v) is 7.37. The average Bonchev–Trinajstić information content (AvgIpc) is 2.76. The Morgan fingerprint density at radius 3 is 2.24 bits per heavy atom. The number of anilines is 1. The zero-order chi connectivity index (χ0) is 15.6. The number of thiophene rings is 1. The van der Waals surface area contributed by atoms with Gasteiger partial charge in [-0.1, -0.05) is 17.7 Å². The normalized spacial score (nSPS) is 10.4. The van der Waals surface area contributed by atoms with Crippen molar-refractivity contribution in [2.24, 2.45) is 0 Å². The first-order valence-electron chi connectivity index (χ1n) is 6.56. The number of rotatable bonds is 4. The second-order valence-electron chi connectivity index (χ2n) is 4.97. The molecule has 2 aromatic rings. The summed E-state index contributed by atoms with van der Waals surface area (Å²) in [5, 5.41) is 9.06. The number of carbonyl (C=O) groups excluding carboxylic acids is 1. The van der Waals surface area contributed by atoms with Crippen LogP contribution in [0.2, 0.25) is 0 Å². The summed E-state index contributed by atoms with van der Waals surface area (Å²) in [4.78, 5) is 26.6. The first kappa shape index (κ1) is 15.3. The SMILES string of the molecule is Cc1ccc(N(CC(=O)O)C(=O)c2cc(C)c(C)s2)cc1. The Morgan fingerprint density at radius 2 is 1.76 bits per heavy atom. The second kappa shape index (κ2) is 6.10. The lowest BCUT2D eigenvalue weighted by molar-refractivity contribution is -0.135. The number of hydrogen-bond acceptors (Lipinski definition) is 3.